The zero-order valence-electron chi connectivity index (χ0n) is 7.73. The molecule has 7 heteroatoms. The lowest BCUT2D eigenvalue weighted by atomic mass is 10.2. The van der Waals surface area contributed by atoms with Crippen LogP contribution >= 0.6 is 0 Å². The third kappa shape index (κ3) is 6.67. The number of nitrogens with one attached hydrogen (secondary N) is 1. The third-order valence-electron chi connectivity index (χ3n) is 1.35. The van der Waals surface area contributed by atoms with Gasteiger partial charge in [0.25, 0.3) is 5.91 Å². The fraction of sp³-hybridized carbons (Fsp3) is 0.857. The van der Waals surface area contributed by atoms with Crippen molar-refractivity contribution in [2.75, 3.05) is 6.61 Å². The number of hydrogen-bond acceptors (Lipinski definition) is 3. The second-order valence-corrected chi connectivity index (χ2v) is 2.77. The van der Waals surface area contributed by atoms with E-state index in [2.05, 4.69) is 4.84 Å². The first kappa shape index (κ1) is 13.2. The highest BCUT2D eigenvalue weighted by Gasteiger charge is 2.28. The van der Waals surface area contributed by atoms with Gasteiger partial charge in [0, 0.05) is 0 Å². The van der Waals surface area contributed by atoms with Crippen molar-refractivity contribution in [1.29, 1.82) is 0 Å². The molecule has 0 aliphatic carbocycles. The summed E-state index contributed by atoms with van der Waals surface area (Å²) in [5.74, 6) is -0.740. The molecule has 0 fully saturated rings. The molecule has 0 spiro atoms. The van der Waals surface area contributed by atoms with Crippen LogP contribution in [0.3, 0.4) is 0 Å². The summed E-state index contributed by atoms with van der Waals surface area (Å²) in [6.07, 6.45) is -3.38. The molecular weight excluding hydrogens is 201 g/mol. The summed E-state index contributed by atoms with van der Waals surface area (Å²) in [5, 5.41) is 0. The van der Waals surface area contributed by atoms with Gasteiger partial charge in [0.05, 0.1) is 6.04 Å². The van der Waals surface area contributed by atoms with E-state index < -0.39 is 24.7 Å². The molecule has 0 saturated carbocycles. The van der Waals surface area contributed by atoms with Crippen molar-refractivity contribution in [3.63, 3.8) is 0 Å². The van der Waals surface area contributed by atoms with Crippen molar-refractivity contribution in [2.45, 2.75) is 32.0 Å². The second-order valence-electron chi connectivity index (χ2n) is 2.77. The van der Waals surface area contributed by atoms with Crippen LogP contribution in [0, 0.1) is 0 Å². The molecule has 84 valence electrons. The van der Waals surface area contributed by atoms with Crippen molar-refractivity contribution in [2.24, 2.45) is 5.73 Å². The van der Waals surface area contributed by atoms with E-state index in [0.29, 0.717) is 12.8 Å². The summed E-state index contributed by atoms with van der Waals surface area (Å²) in [6.45, 7) is 0.293. The van der Waals surface area contributed by atoms with Gasteiger partial charge in [-0.2, -0.15) is 13.2 Å². The SMILES string of the molecule is CCCC(N)C(=O)NOCC(F)(F)F. The Bertz CT molecular complexity index is 184. The van der Waals surface area contributed by atoms with Gasteiger partial charge in [-0.3, -0.25) is 9.63 Å². The molecule has 3 N–H and O–H groups in total. The Kier molecular flexibility index (Phi) is 5.47. The van der Waals surface area contributed by atoms with Crippen LogP contribution < -0.4 is 11.2 Å². The zero-order valence-corrected chi connectivity index (χ0v) is 7.73. The Balaban J connectivity index is 3.64. The van der Waals surface area contributed by atoms with E-state index in [9.17, 15) is 18.0 Å². The van der Waals surface area contributed by atoms with E-state index >= 15 is 0 Å². The normalized spacial score (nSPS) is 13.8. The fourth-order valence-corrected chi connectivity index (χ4v) is 0.707. The first-order valence-corrected chi connectivity index (χ1v) is 4.10. The van der Waals surface area contributed by atoms with Crippen molar-refractivity contribution in [3.8, 4) is 0 Å². The number of carbonyl (C=O) groups is 1. The molecule has 0 aliphatic heterocycles. The number of nitrogens with two attached hydrogens (primary N) is 1. The molecule has 1 atom stereocenters. The van der Waals surface area contributed by atoms with Gasteiger partial charge in [0.15, 0.2) is 6.61 Å². The van der Waals surface area contributed by atoms with Gasteiger partial charge in [-0.05, 0) is 6.42 Å². The predicted molar refractivity (Wildman–Crippen MR) is 43.0 cm³/mol. The lowest BCUT2D eigenvalue weighted by Crippen LogP contribution is -2.41. The van der Waals surface area contributed by atoms with Gasteiger partial charge in [-0.15, -0.1) is 0 Å². The van der Waals surface area contributed by atoms with E-state index in [1.807, 2.05) is 6.92 Å². The highest BCUT2D eigenvalue weighted by atomic mass is 19.4. The number of hydrogen-bond donors (Lipinski definition) is 2. The lowest BCUT2D eigenvalue weighted by molar-refractivity contribution is -0.192. The quantitative estimate of drug-likeness (QED) is 0.663. The molecule has 0 aromatic rings. The van der Waals surface area contributed by atoms with Crippen molar-refractivity contribution in [3.05, 3.63) is 0 Å². The van der Waals surface area contributed by atoms with Crippen LogP contribution in [-0.2, 0) is 9.63 Å². The summed E-state index contributed by atoms with van der Waals surface area (Å²) in [7, 11) is 0. The Morgan fingerprint density at radius 3 is 2.57 bits per heavy atom. The molecule has 0 aromatic carbocycles. The Hall–Kier alpha value is -0.820. The van der Waals surface area contributed by atoms with Crippen LogP contribution in [0.25, 0.3) is 0 Å². The average Bonchev–Trinajstić information content (AvgIpc) is 2.02. The fourth-order valence-electron chi connectivity index (χ4n) is 0.707. The first-order valence-electron chi connectivity index (χ1n) is 4.10. The molecule has 0 saturated heterocycles. The smallest absolute Gasteiger partial charge is 0.320 e. The van der Waals surface area contributed by atoms with Crippen LogP contribution in [0.5, 0.6) is 0 Å². The minimum Gasteiger partial charge on any atom is -0.320 e. The number of rotatable bonds is 5. The molecule has 0 aromatic heterocycles. The Morgan fingerprint density at radius 2 is 2.14 bits per heavy atom. The van der Waals surface area contributed by atoms with Crippen molar-refractivity contribution in [1.82, 2.24) is 5.48 Å². The van der Waals surface area contributed by atoms with E-state index in [0.717, 1.165) is 0 Å². The maximum Gasteiger partial charge on any atom is 0.414 e. The molecule has 1 amide bonds. The number of alkyl halides is 3. The van der Waals surface area contributed by atoms with Gasteiger partial charge < -0.3 is 5.73 Å². The minimum absolute atomic E-state index is 0.404. The van der Waals surface area contributed by atoms with E-state index in [1.165, 1.54) is 0 Å². The van der Waals surface area contributed by atoms with Gasteiger partial charge in [-0.1, -0.05) is 13.3 Å². The van der Waals surface area contributed by atoms with E-state index in [-0.39, 0.29) is 0 Å². The molecule has 4 nitrogen and oxygen atoms in total. The topological polar surface area (TPSA) is 64.4 Å². The molecule has 0 rings (SSSR count). The summed E-state index contributed by atoms with van der Waals surface area (Å²) >= 11 is 0. The van der Waals surface area contributed by atoms with Crippen molar-refractivity contribution < 1.29 is 22.8 Å². The summed E-state index contributed by atoms with van der Waals surface area (Å²) in [6, 6.07) is -0.826. The van der Waals surface area contributed by atoms with Crippen LogP contribution in [0.1, 0.15) is 19.8 Å². The first-order chi connectivity index (χ1) is 6.37. The summed E-state index contributed by atoms with van der Waals surface area (Å²) in [4.78, 5) is 14.8. The average molecular weight is 214 g/mol. The summed E-state index contributed by atoms with van der Waals surface area (Å²) < 4.78 is 34.6. The number of halogens is 3. The van der Waals surface area contributed by atoms with Gasteiger partial charge in [-0.25, -0.2) is 5.48 Å². The van der Waals surface area contributed by atoms with Crippen LogP contribution in [-0.4, -0.2) is 24.7 Å². The number of hydroxylamine groups is 1. The van der Waals surface area contributed by atoms with E-state index in [1.54, 1.807) is 5.48 Å². The molecular formula is C7H13F3N2O2. The van der Waals surface area contributed by atoms with E-state index in [4.69, 9.17) is 5.73 Å². The molecule has 0 bridgehead atoms. The zero-order chi connectivity index (χ0) is 11.2. The van der Waals surface area contributed by atoms with Crippen LogP contribution in [0.2, 0.25) is 0 Å². The number of carbonyl (C=O) groups excluding carboxylic acids is 1. The monoisotopic (exact) mass is 214 g/mol. The predicted octanol–water partition coefficient (Wildman–Crippen LogP) is 0.724. The second kappa shape index (κ2) is 5.82. The van der Waals surface area contributed by atoms with Crippen molar-refractivity contribution >= 4 is 5.91 Å². The molecule has 14 heavy (non-hydrogen) atoms. The Morgan fingerprint density at radius 1 is 1.57 bits per heavy atom. The molecule has 0 radical (unpaired) electrons. The maximum atomic E-state index is 11.5. The highest BCUT2D eigenvalue weighted by molar-refractivity contribution is 5.80. The van der Waals surface area contributed by atoms with Gasteiger partial charge >= 0.3 is 6.18 Å². The van der Waals surface area contributed by atoms with Gasteiger partial charge in [0.1, 0.15) is 0 Å². The molecule has 0 heterocycles. The summed E-state index contributed by atoms with van der Waals surface area (Å²) in [5.41, 5.74) is 6.94. The Labute approximate surface area is 79.5 Å². The molecule has 0 aliphatic rings. The van der Waals surface area contributed by atoms with Crippen LogP contribution in [0.15, 0.2) is 0 Å². The van der Waals surface area contributed by atoms with Gasteiger partial charge in [0.2, 0.25) is 0 Å². The third-order valence-corrected chi connectivity index (χ3v) is 1.35. The maximum absolute atomic E-state index is 11.5. The lowest BCUT2D eigenvalue weighted by Gasteiger charge is -2.11. The minimum atomic E-state index is -4.46. The highest BCUT2D eigenvalue weighted by Crippen LogP contribution is 2.13. The molecule has 1 unspecified atom stereocenters. The largest absolute Gasteiger partial charge is 0.414 e. The number of amides is 1. The standard InChI is InChI=1S/C7H13F3N2O2/c1-2-3-5(11)6(13)12-14-4-7(8,9)10/h5H,2-4,11H2,1H3,(H,12,13). The van der Waals surface area contributed by atoms with Crippen LogP contribution in [0.4, 0.5) is 13.2 Å².